The fraction of sp³-hybridized carbons (Fsp3) is 0.407. The number of amides is 2. The van der Waals surface area contributed by atoms with E-state index in [1.165, 1.54) is 18.1 Å². The van der Waals surface area contributed by atoms with Gasteiger partial charge in [0.25, 0.3) is 5.91 Å². The van der Waals surface area contributed by atoms with Crippen LogP contribution in [0.4, 0.5) is 23.8 Å². The van der Waals surface area contributed by atoms with Crippen LogP contribution in [-0.2, 0) is 4.74 Å². The van der Waals surface area contributed by atoms with Gasteiger partial charge in [-0.15, -0.1) is 0 Å². The van der Waals surface area contributed by atoms with Crippen molar-refractivity contribution in [2.24, 2.45) is 11.8 Å². The number of hydrogen-bond acceptors (Lipinski definition) is 6. The zero-order valence-electron chi connectivity index (χ0n) is 21.1. The van der Waals surface area contributed by atoms with Crippen LogP contribution in [0, 0.1) is 29.3 Å². The molecule has 2 amide bonds. The molecule has 1 aromatic carbocycles. The van der Waals surface area contributed by atoms with Crippen LogP contribution in [0.1, 0.15) is 29.6 Å². The molecule has 204 valence electrons. The van der Waals surface area contributed by atoms with Crippen molar-refractivity contribution in [3.8, 4) is 5.69 Å². The molecular weight excluding hydrogens is 515 g/mol. The molecule has 4 fully saturated rings. The number of halogens is 3. The predicted octanol–water partition coefficient (Wildman–Crippen LogP) is 3.22. The lowest BCUT2D eigenvalue weighted by molar-refractivity contribution is 0.0927. The van der Waals surface area contributed by atoms with Gasteiger partial charge in [0, 0.05) is 50.6 Å². The van der Waals surface area contributed by atoms with E-state index < -0.39 is 40.6 Å². The van der Waals surface area contributed by atoms with Crippen molar-refractivity contribution in [2.75, 3.05) is 38.2 Å². The fourth-order valence-corrected chi connectivity index (χ4v) is 6.00. The third-order valence-electron chi connectivity index (χ3n) is 8.08. The molecule has 3 aromatic rings. The highest BCUT2D eigenvalue weighted by molar-refractivity contribution is 5.97. The smallest absolute Gasteiger partial charge is 0.409 e. The molecule has 1 N–H and O–H groups in total. The number of nitrogens with zero attached hydrogens (tertiary/aromatic N) is 4. The number of pyridine rings is 2. The van der Waals surface area contributed by atoms with Crippen LogP contribution in [0.25, 0.3) is 16.7 Å². The monoisotopic (exact) mass is 541 g/mol. The van der Waals surface area contributed by atoms with E-state index in [2.05, 4.69) is 10.3 Å². The molecule has 0 spiro atoms. The van der Waals surface area contributed by atoms with Crippen molar-refractivity contribution in [3.05, 3.63) is 63.7 Å². The Balaban J connectivity index is 1.43. The van der Waals surface area contributed by atoms with Crippen LogP contribution in [0.5, 0.6) is 0 Å². The molecule has 1 unspecified atom stereocenters. The van der Waals surface area contributed by atoms with Gasteiger partial charge < -0.3 is 19.9 Å². The summed E-state index contributed by atoms with van der Waals surface area (Å²) in [5.41, 5.74) is -1.65. The van der Waals surface area contributed by atoms with E-state index in [4.69, 9.17) is 4.74 Å². The van der Waals surface area contributed by atoms with Crippen LogP contribution < -0.4 is 15.6 Å². The number of carbonyl (C=O) groups excluding carboxylic acids is 2. The number of hydrogen-bond donors (Lipinski definition) is 1. The van der Waals surface area contributed by atoms with Gasteiger partial charge in [-0.05, 0) is 43.2 Å². The van der Waals surface area contributed by atoms with Gasteiger partial charge in [0.2, 0.25) is 5.43 Å². The molecule has 12 heteroatoms. The number of carbonyl (C=O) groups is 2. The van der Waals surface area contributed by atoms with Crippen molar-refractivity contribution in [3.63, 3.8) is 0 Å². The third kappa shape index (κ3) is 4.37. The summed E-state index contributed by atoms with van der Waals surface area (Å²) < 4.78 is 49.5. The summed E-state index contributed by atoms with van der Waals surface area (Å²) >= 11 is 0. The highest BCUT2D eigenvalue weighted by Crippen LogP contribution is 2.48. The number of aromatic nitrogens is 2. The summed E-state index contributed by atoms with van der Waals surface area (Å²) in [5, 5.41) is 2.90. The quantitative estimate of drug-likeness (QED) is 0.545. The van der Waals surface area contributed by atoms with Crippen LogP contribution in [0.2, 0.25) is 0 Å². The van der Waals surface area contributed by atoms with Gasteiger partial charge in [0.1, 0.15) is 22.9 Å². The minimum absolute atomic E-state index is 0.0153. The van der Waals surface area contributed by atoms with Crippen LogP contribution in [-0.4, -0.2) is 65.8 Å². The molecule has 3 heterocycles. The molecule has 0 radical (unpaired) electrons. The Morgan fingerprint density at radius 2 is 1.72 bits per heavy atom. The van der Waals surface area contributed by atoms with Gasteiger partial charge in [-0.1, -0.05) is 0 Å². The minimum Gasteiger partial charge on any atom is -0.453 e. The summed E-state index contributed by atoms with van der Waals surface area (Å²) in [6, 6.07) is 4.07. The Bertz CT molecular complexity index is 1520. The number of nitrogens with one attached hydrogen (secondary N) is 1. The highest BCUT2D eigenvalue weighted by Gasteiger charge is 2.45. The number of ether oxygens (including phenoxy) is 1. The van der Waals surface area contributed by atoms with Gasteiger partial charge in [-0.25, -0.2) is 22.9 Å². The number of benzene rings is 1. The minimum atomic E-state index is -1.21. The van der Waals surface area contributed by atoms with E-state index in [9.17, 15) is 27.6 Å². The Labute approximate surface area is 221 Å². The molecule has 4 aliphatic rings. The number of piperazine rings is 1. The van der Waals surface area contributed by atoms with Crippen LogP contribution in [0.15, 0.2) is 35.3 Å². The fourth-order valence-electron chi connectivity index (χ4n) is 6.00. The SMILES string of the molecule is COC(=O)N1CCN(c2ccc3c(=O)c(C(=O)NC4CC5CC4C5)cn(-c4c(F)cc(F)cc4F)c3n2)CC1. The summed E-state index contributed by atoms with van der Waals surface area (Å²) in [5.74, 6) is -2.79. The molecule has 9 nitrogen and oxygen atoms in total. The van der Waals surface area contributed by atoms with Crippen molar-refractivity contribution < 1.29 is 27.5 Å². The number of methoxy groups -OCH3 is 1. The lowest BCUT2D eigenvalue weighted by Gasteiger charge is -2.34. The average Bonchev–Trinajstić information content (AvgIpc) is 3.48. The van der Waals surface area contributed by atoms with E-state index in [0.717, 1.165) is 30.0 Å². The maximum atomic E-state index is 15.0. The summed E-state index contributed by atoms with van der Waals surface area (Å²) in [7, 11) is 1.30. The van der Waals surface area contributed by atoms with E-state index in [1.807, 2.05) is 4.90 Å². The first-order valence-corrected chi connectivity index (χ1v) is 12.8. The molecular formula is C27H26F3N5O4. The van der Waals surface area contributed by atoms with E-state index in [1.54, 1.807) is 6.07 Å². The zero-order valence-corrected chi connectivity index (χ0v) is 21.1. The van der Waals surface area contributed by atoms with Gasteiger partial charge in [0.15, 0.2) is 17.3 Å². The lowest BCUT2D eigenvalue weighted by atomic mass is 9.84. The number of rotatable bonds is 4. The Morgan fingerprint density at radius 1 is 1.03 bits per heavy atom. The normalized spacial score (nSPS) is 22.1. The second-order valence-electron chi connectivity index (χ2n) is 10.4. The predicted molar refractivity (Wildman–Crippen MR) is 135 cm³/mol. The van der Waals surface area contributed by atoms with E-state index in [-0.39, 0.29) is 22.6 Å². The largest absolute Gasteiger partial charge is 0.453 e. The molecule has 1 atom stereocenters. The molecule has 3 saturated carbocycles. The molecule has 7 rings (SSSR count). The van der Waals surface area contributed by atoms with Crippen LogP contribution >= 0.6 is 0 Å². The Kier molecular flexibility index (Phi) is 6.19. The molecule has 39 heavy (non-hydrogen) atoms. The van der Waals surface area contributed by atoms with E-state index in [0.29, 0.717) is 56.0 Å². The second kappa shape index (κ2) is 9.58. The van der Waals surface area contributed by atoms with Gasteiger partial charge in [-0.3, -0.25) is 14.2 Å². The number of fused-ring (bicyclic) bond motifs is 2. The molecule has 2 bridgehead atoms. The summed E-state index contributed by atoms with van der Waals surface area (Å²) in [4.78, 5) is 46.4. The first-order valence-electron chi connectivity index (χ1n) is 12.8. The van der Waals surface area contributed by atoms with Crippen molar-refractivity contribution in [1.82, 2.24) is 19.8 Å². The van der Waals surface area contributed by atoms with Crippen molar-refractivity contribution in [2.45, 2.75) is 25.3 Å². The molecule has 3 aliphatic carbocycles. The zero-order chi connectivity index (χ0) is 27.4. The molecule has 1 aliphatic heterocycles. The average molecular weight is 542 g/mol. The standard InChI is InChI=1S/C27H26F3N5O4/c1-39-27(38)34-6-4-33(5-7-34)22-3-2-17-24(36)18(26(37)31-21-10-14-8-15(21)9-14)13-35(25(17)32-22)23-19(29)11-16(28)12-20(23)30/h2-3,11-15,21H,4-10H2,1H3,(H,31,37). The Hall–Kier alpha value is -4.09. The van der Waals surface area contributed by atoms with Crippen molar-refractivity contribution >= 4 is 28.9 Å². The first kappa shape index (κ1) is 25.2. The highest BCUT2D eigenvalue weighted by atomic mass is 19.1. The topological polar surface area (TPSA) is 96.8 Å². The van der Waals surface area contributed by atoms with Crippen LogP contribution in [0.3, 0.4) is 0 Å². The summed E-state index contributed by atoms with van der Waals surface area (Å²) in [6.07, 6.45) is 3.55. The van der Waals surface area contributed by atoms with Gasteiger partial charge in [-0.2, -0.15) is 0 Å². The van der Waals surface area contributed by atoms with Gasteiger partial charge >= 0.3 is 6.09 Å². The maximum absolute atomic E-state index is 15.0. The van der Waals surface area contributed by atoms with Gasteiger partial charge in [0.05, 0.1) is 12.5 Å². The number of anilines is 1. The molecule has 2 aromatic heterocycles. The van der Waals surface area contributed by atoms with E-state index >= 15 is 0 Å². The lowest BCUT2D eigenvalue weighted by Crippen LogP contribution is -2.49. The summed E-state index contributed by atoms with van der Waals surface area (Å²) in [6.45, 7) is 1.54. The Morgan fingerprint density at radius 3 is 2.33 bits per heavy atom. The molecule has 1 saturated heterocycles. The maximum Gasteiger partial charge on any atom is 0.409 e. The third-order valence-corrected chi connectivity index (χ3v) is 8.08. The first-order chi connectivity index (χ1) is 18.7. The van der Waals surface area contributed by atoms with Crippen molar-refractivity contribution in [1.29, 1.82) is 0 Å². The second-order valence-corrected chi connectivity index (χ2v) is 10.4.